The molecule has 1 aliphatic rings. The van der Waals surface area contributed by atoms with E-state index in [1.54, 1.807) is 0 Å². The zero-order valence-electron chi connectivity index (χ0n) is 10.2. The topological polar surface area (TPSA) is 18.5 Å². The van der Waals surface area contributed by atoms with E-state index < -0.39 is 0 Å². The third-order valence-corrected chi connectivity index (χ3v) is 4.09. The first-order valence-corrected chi connectivity index (χ1v) is 6.62. The lowest BCUT2D eigenvalue weighted by Crippen LogP contribution is -2.27. The maximum Gasteiger partial charge on any atom is 0.0810 e. The molecule has 0 bridgehead atoms. The van der Waals surface area contributed by atoms with E-state index in [4.69, 9.17) is 9.47 Å². The summed E-state index contributed by atoms with van der Waals surface area (Å²) in [6, 6.07) is 0. The molecule has 0 aromatic heterocycles. The van der Waals surface area contributed by atoms with Crippen molar-refractivity contribution in [3.05, 3.63) is 10.5 Å². The summed E-state index contributed by atoms with van der Waals surface area (Å²) >= 11 is 1.91. The van der Waals surface area contributed by atoms with Crippen molar-refractivity contribution in [2.45, 2.75) is 46.3 Å². The van der Waals surface area contributed by atoms with Crippen LogP contribution in [0.3, 0.4) is 0 Å². The van der Waals surface area contributed by atoms with Crippen molar-refractivity contribution in [2.75, 3.05) is 19.0 Å². The van der Waals surface area contributed by atoms with E-state index >= 15 is 0 Å². The smallest absolute Gasteiger partial charge is 0.0810 e. The number of thioether (sulfide) groups is 1. The SMILES string of the molecule is C/C1=C(\C)SCCCO[C@@H](C)[C@@H](C)OC1. The van der Waals surface area contributed by atoms with Gasteiger partial charge < -0.3 is 9.47 Å². The number of ether oxygens (including phenoxy) is 2. The number of rotatable bonds is 0. The molecule has 0 aliphatic carbocycles. The Kier molecular flexibility index (Phi) is 5.72. The Morgan fingerprint density at radius 1 is 1.13 bits per heavy atom. The summed E-state index contributed by atoms with van der Waals surface area (Å²) < 4.78 is 11.5. The second kappa shape index (κ2) is 6.56. The predicted octanol–water partition coefficient (Wildman–Crippen LogP) is 3.23. The highest BCUT2D eigenvalue weighted by Crippen LogP contribution is 2.21. The van der Waals surface area contributed by atoms with Crippen LogP contribution in [0.25, 0.3) is 0 Å². The van der Waals surface area contributed by atoms with Gasteiger partial charge in [-0.25, -0.2) is 0 Å². The lowest BCUT2D eigenvalue weighted by atomic mass is 10.2. The van der Waals surface area contributed by atoms with Gasteiger partial charge >= 0.3 is 0 Å². The largest absolute Gasteiger partial charge is 0.376 e. The van der Waals surface area contributed by atoms with Gasteiger partial charge in [0.1, 0.15) is 0 Å². The molecule has 88 valence electrons. The number of hydrogen-bond donors (Lipinski definition) is 0. The molecule has 2 nitrogen and oxygen atoms in total. The summed E-state index contributed by atoms with van der Waals surface area (Å²) in [7, 11) is 0. The molecule has 15 heavy (non-hydrogen) atoms. The molecule has 1 rings (SSSR count). The predicted molar refractivity (Wildman–Crippen MR) is 66.3 cm³/mol. The van der Waals surface area contributed by atoms with Crippen molar-refractivity contribution in [3.63, 3.8) is 0 Å². The van der Waals surface area contributed by atoms with Crippen molar-refractivity contribution in [1.82, 2.24) is 0 Å². The van der Waals surface area contributed by atoms with Crippen molar-refractivity contribution in [2.24, 2.45) is 0 Å². The summed E-state index contributed by atoms with van der Waals surface area (Å²) in [5.74, 6) is 1.14. The van der Waals surface area contributed by atoms with E-state index in [1.807, 2.05) is 11.8 Å². The van der Waals surface area contributed by atoms with Gasteiger partial charge in [0.2, 0.25) is 0 Å². The fraction of sp³-hybridized carbons (Fsp3) is 0.833. The minimum atomic E-state index is 0.177. The Labute approximate surface area is 97.4 Å². The van der Waals surface area contributed by atoms with Gasteiger partial charge in [-0.1, -0.05) is 0 Å². The fourth-order valence-corrected chi connectivity index (χ4v) is 2.18. The highest BCUT2D eigenvalue weighted by Gasteiger charge is 2.14. The molecule has 0 N–H and O–H groups in total. The highest BCUT2D eigenvalue weighted by molar-refractivity contribution is 8.03. The quantitative estimate of drug-likeness (QED) is 0.636. The van der Waals surface area contributed by atoms with Crippen molar-refractivity contribution >= 4 is 11.8 Å². The van der Waals surface area contributed by atoms with Crippen LogP contribution in [0.5, 0.6) is 0 Å². The second-order valence-electron chi connectivity index (χ2n) is 4.13. The molecule has 0 unspecified atom stereocenters. The van der Waals surface area contributed by atoms with Gasteiger partial charge in [0.25, 0.3) is 0 Å². The zero-order chi connectivity index (χ0) is 11.3. The van der Waals surface area contributed by atoms with Crippen LogP contribution in [0.2, 0.25) is 0 Å². The van der Waals surface area contributed by atoms with Crippen LogP contribution < -0.4 is 0 Å². The molecule has 0 aromatic carbocycles. The summed E-state index contributed by atoms with van der Waals surface area (Å²) in [4.78, 5) is 1.40. The van der Waals surface area contributed by atoms with Gasteiger partial charge in [-0.2, -0.15) is 0 Å². The van der Waals surface area contributed by atoms with E-state index in [-0.39, 0.29) is 12.2 Å². The Balaban J connectivity index is 2.57. The molecule has 0 spiro atoms. The van der Waals surface area contributed by atoms with Crippen LogP contribution in [-0.2, 0) is 9.47 Å². The van der Waals surface area contributed by atoms with Gasteiger partial charge in [-0.15, -0.1) is 11.8 Å². The van der Waals surface area contributed by atoms with Gasteiger partial charge in [-0.05, 0) is 50.3 Å². The second-order valence-corrected chi connectivity index (χ2v) is 5.44. The average Bonchev–Trinajstić information content (AvgIpc) is 2.24. The first-order chi connectivity index (χ1) is 7.11. The van der Waals surface area contributed by atoms with Crippen molar-refractivity contribution < 1.29 is 9.47 Å². The zero-order valence-corrected chi connectivity index (χ0v) is 11.0. The normalized spacial score (nSPS) is 36.0. The summed E-state index contributed by atoms with van der Waals surface area (Å²) in [6.07, 6.45) is 1.49. The summed E-state index contributed by atoms with van der Waals surface area (Å²) in [5.41, 5.74) is 1.35. The van der Waals surface area contributed by atoms with Crippen LogP contribution in [0, 0.1) is 0 Å². The first kappa shape index (κ1) is 13.1. The van der Waals surface area contributed by atoms with Gasteiger partial charge in [0.05, 0.1) is 18.8 Å². The van der Waals surface area contributed by atoms with Crippen molar-refractivity contribution in [1.29, 1.82) is 0 Å². The monoisotopic (exact) mass is 230 g/mol. The maximum absolute atomic E-state index is 5.77. The first-order valence-electron chi connectivity index (χ1n) is 5.63. The molecule has 0 radical (unpaired) electrons. The number of allylic oxidation sites excluding steroid dienone is 1. The van der Waals surface area contributed by atoms with Crippen LogP contribution >= 0.6 is 11.8 Å². The third-order valence-electron chi connectivity index (χ3n) is 2.81. The molecule has 1 heterocycles. The fourth-order valence-electron chi connectivity index (χ4n) is 1.31. The lowest BCUT2D eigenvalue weighted by molar-refractivity contribution is -0.0494. The van der Waals surface area contributed by atoms with Crippen LogP contribution in [0.4, 0.5) is 0 Å². The molecule has 1 aliphatic heterocycles. The summed E-state index contributed by atoms with van der Waals surface area (Å²) in [5, 5.41) is 0. The maximum atomic E-state index is 5.77. The van der Waals surface area contributed by atoms with E-state index in [1.165, 1.54) is 10.5 Å². The van der Waals surface area contributed by atoms with Gasteiger partial charge in [0, 0.05) is 6.61 Å². The lowest BCUT2D eigenvalue weighted by Gasteiger charge is -2.20. The standard InChI is InChI=1S/C12H22O2S/c1-9-8-14-11(3)10(2)13-6-5-7-15-12(9)4/h10-11H,5-8H2,1-4H3/b12-9-/t10-,11+/m0/s1. The molecule has 0 saturated heterocycles. The molecule has 2 atom stereocenters. The number of hydrogen-bond acceptors (Lipinski definition) is 3. The molecule has 0 saturated carbocycles. The molecule has 0 aromatic rings. The minimum absolute atomic E-state index is 0.177. The third kappa shape index (κ3) is 4.58. The Morgan fingerprint density at radius 3 is 2.53 bits per heavy atom. The van der Waals surface area contributed by atoms with Crippen LogP contribution in [0.15, 0.2) is 10.5 Å². The Bertz CT molecular complexity index is 226. The van der Waals surface area contributed by atoms with Gasteiger partial charge in [0.15, 0.2) is 0 Å². The molecule has 0 fully saturated rings. The molecular formula is C12H22O2S. The van der Waals surface area contributed by atoms with E-state index in [0.717, 1.165) is 25.4 Å². The average molecular weight is 230 g/mol. The van der Waals surface area contributed by atoms with Crippen LogP contribution in [-0.4, -0.2) is 31.2 Å². The van der Waals surface area contributed by atoms with Crippen molar-refractivity contribution in [3.8, 4) is 0 Å². The molecule has 0 amide bonds. The molecule has 3 heteroatoms. The molecular weight excluding hydrogens is 208 g/mol. The van der Waals surface area contributed by atoms with Gasteiger partial charge in [-0.3, -0.25) is 0 Å². The Morgan fingerprint density at radius 2 is 1.80 bits per heavy atom. The van der Waals surface area contributed by atoms with E-state index in [9.17, 15) is 0 Å². The summed E-state index contributed by atoms with van der Waals surface area (Å²) in [6.45, 7) is 10.1. The minimum Gasteiger partial charge on any atom is -0.376 e. The highest BCUT2D eigenvalue weighted by atomic mass is 32.2. The Hall–Kier alpha value is 0.01000. The van der Waals surface area contributed by atoms with E-state index in [0.29, 0.717) is 0 Å². The van der Waals surface area contributed by atoms with E-state index in [2.05, 4.69) is 27.7 Å². The van der Waals surface area contributed by atoms with Crippen LogP contribution in [0.1, 0.15) is 34.1 Å².